The molecule has 2 N–H and O–H groups in total. The summed E-state index contributed by atoms with van der Waals surface area (Å²) < 4.78 is 26.5. The van der Waals surface area contributed by atoms with Crippen molar-refractivity contribution < 1.29 is 13.6 Å². The number of likely N-dealkylation sites (tertiary alicyclic amines) is 1. The molecule has 1 saturated heterocycles. The largest absolute Gasteiger partial charge is 0.340 e. The fourth-order valence-electron chi connectivity index (χ4n) is 2.70. The molecule has 1 heterocycles. The second kappa shape index (κ2) is 6.31. The minimum absolute atomic E-state index is 0.0203. The summed E-state index contributed by atoms with van der Waals surface area (Å²) in [6.07, 6.45) is 2.00. The number of amides is 1. The van der Waals surface area contributed by atoms with E-state index in [1.807, 2.05) is 6.92 Å². The third-order valence-corrected chi connectivity index (χ3v) is 3.85. The zero-order chi connectivity index (χ0) is 14.7. The summed E-state index contributed by atoms with van der Waals surface area (Å²) in [4.78, 5) is 13.9. The third-order valence-electron chi connectivity index (χ3n) is 3.85. The van der Waals surface area contributed by atoms with E-state index in [1.165, 1.54) is 0 Å². The predicted octanol–water partition coefficient (Wildman–Crippen LogP) is 2.24. The van der Waals surface area contributed by atoms with Crippen molar-refractivity contribution in [2.45, 2.75) is 44.7 Å². The highest BCUT2D eigenvalue weighted by Crippen LogP contribution is 2.18. The van der Waals surface area contributed by atoms with Gasteiger partial charge < -0.3 is 10.6 Å². The van der Waals surface area contributed by atoms with Crippen molar-refractivity contribution in [3.05, 3.63) is 35.4 Å². The lowest BCUT2D eigenvalue weighted by molar-refractivity contribution is -0.134. The van der Waals surface area contributed by atoms with Crippen LogP contribution in [0.4, 0.5) is 8.78 Å². The third kappa shape index (κ3) is 3.54. The van der Waals surface area contributed by atoms with Gasteiger partial charge in [0.1, 0.15) is 11.6 Å². The Morgan fingerprint density at radius 1 is 1.45 bits per heavy atom. The molecular weight excluding hydrogens is 262 g/mol. The smallest absolute Gasteiger partial charge is 0.223 e. The Kier molecular flexibility index (Phi) is 4.70. The van der Waals surface area contributed by atoms with Crippen molar-refractivity contribution in [2.24, 2.45) is 5.73 Å². The number of aryl methyl sites for hydroxylation is 1. The molecule has 1 aromatic rings. The first kappa shape index (κ1) is 14.9. The molecule has 1 fully saturated rings. The summed E-state index contributed by atoms with van der Waals surface area (Å²) >= 11 is 0. The lowest BCUT2D eigenvalue weighted by Gasteiger charge is -2.36. The van der Waals surface area contributed by atoms with Gasteiger partial charge in [0.25, 0.3) is 0 Å². The lowest BCUT2D eigenvalue weighted by atomic mass is 9.98. The molecule has 0 unspecified atom stereocenters. The Morgan fingerprint density at radius 3 is 2.90 bits per heavy atom. The van der Waals surface area contributed by atoms with E-state index in [2.05, 4.69) is 0 Å². The van der Waals surface area contributed by atoms with Crippen molar-refractivity contribution in [2.75, 3.05) is 6.54 Å². The number of nitrogens with zero attached hydrogens (tertiary/aromatic N) is 1. The number of nitrogens with two attached hydrogens (primary N) is 1. The van der Waals surface area contributed by atoms with Gasteiger partial charge in [-0.1, -0.05) is 0 Å². The van der Waals surface area contributed by atoms with Gasteiger partial charge in [-0.3, -0.25) is 4.79 Å². The van der Waals surface area contributed by atoms with Crippen LogP contribution >= 0.6 is 0 Å². The quantitative estimate of drug-likeness (QED) is 0.924. The number of piperidine rings is 1. The number of hydrogen-bond acceptors (Lipinski definition) is 2. The van der Waals surface area contributed by atoms with Crippen molar-refractivity contribution in [1.29, 1.82) is 0 Å². The average Bonchev–Trinajstić information content (AvgIpc) is 2.39. The molecule has 0 bridgehead atoms. The lowest BCUT2D eigenvalue weighted by Crippen LogP contribution is -2.48. The molecule has 1 aromatic carbocycles. The van der Waals surface area contributed by atoms with Gasteiger partial charge in [-0.15, -0.1) is 0 Å². The van der Waals surface area contributed by atoms with Gasteiger partial charge in [-0.25, -0.2) is 8.78 Å². The Hall–Kier alpha value is -1.49. The molecule has 1 aliphatic rings. The van der Waals surface area contributed by atoms with Gasteiger partial charge in [-0.2, -0.15) is 0 Å². The summed E-state index contributed by atoms with van der Waals surface area (Å²) in [6, 6.07) is 3.59. The number of hydrogen-bond donors (Lipinski definition) is 1. The van der Waals surface area contributed by atoms with E-state index < -0.39 is 11.6 Å². The standard InChI is InChI=1S/C15H20F2N2O/c1-10-8-13(18)6-7-19(10)15(20)5-2-11-9-12(16)3-4-14(11)17/h3-4,9-10,13H,2,5-8,18H2,1H3/t10-,13-/m0/s1. The summed E-state index contributed by atoms with van der Waals surface area (Å²) in [5.74, 6) is -0.966. The van der Waals surface area contributed by atoms with Crippen molar-refractivity contribution in [3.63, 3.8) is 0 Å². The van der Waals surface area contributed by atoms with E-state index >= 15 is 0 Å². The second-order valence-electron chi connectivity index (χ2n) is 5.46. The normalized spacial score (nSPS) is 22.9. The fourth-order valence-corrected chi connectivity index (χ4v) is 2.70. The zero-order valence-corrected chi connectivity index (χ0v) is 11.6. The van der Waals surface area contributed by atoms with E-state index in [1.54, 1.807) is 4.90 Å². The summed E-state index contributed by atoms with van der Waals surface area (Å²) in [5, 5.41) is 0. The van der Waals surface area contributed by atoms with E-state index in [-0.39, 0.29) is 36.4 Å². The van der Waals surface area contributed by atoms with Crippen LogP contribution in [0.15, 0.2) is 18.2 Å². The first-order chi connectivity index (χ1) is 9.47. The average molecular weight is 282 g/mol. The van der Waals surface area contributed by atoms with Gasteiger partial charge in [0.15, 0.2) is 0 Å². The molecule has 0 radical (unpaired) electrons. The Bertz CT molecular complexity index is 493. The second-order valence-corrected chi connectivity index (χ2v) is 5.46. The molecule has 5 heteroatoms. The number of rotatable bonds is 3. The molecule has 2 atom stereocenters. The number of benzene rings is 1. The van der Waals surface area contributed by atoms with Crippen LogP contribution in [-0.2, 0) is 11.2 Å². The highest BCUT2D eigenvalue weighted by Gasteiger charge is 2.26. The molecule has 110 valence electrons. The highest BCUT2D eigenvalue weighted by molar-refractivity contribution is 5.76. The summed E-state index contributed by atoms with van der Waals surface area (Å²) in [6.45, 7) is 2.62. The van der Waals surface area contributed by atoms with Crippen LogP contribution in [-0.4, -0.2) is 29.4 Å². The number of carbonyl (C=O) groups excluding carboxylic acids is 1. The maximum Gasteiger partial charge on any atom is 0.223 e. The van der Waals surface area contributed by atoms with Crippen LogP contribution in [0.2, 0.25) is 0 Å². The summed E-state index contributed by atoms with van der Waals surface area (Å²) in [5.41, 5.74) is 6.11. The van der Waals surface area contributed by atoms with Crippen molar-refractivity contribution >= 4 is 5.91 Å². The monoisotopic (exact) mass is 282 g/mol. The van der Waals surface area contributed by atoms with Crippen molar-refractivity contribution in [3.8, 4) is 0 Å². The van der Waals surface area contributed by atoms with Gasteiger partial charge in [0, 0.05) is 25.0 Å². The van der Waals surface area contributed by atoms with Crippen LogP contribution in [0.3, 0.4) is 0 Å². The molecule has 0 aromatic heterocycles. The maximum absolute atomic E-state index is 13.5. The fraction of sp³-hybridized carbons (Fsp3) is 0.533. The van der Waals surface area contributed by atoms with E-state index in [9.17, 15) is 13.6 Å². The predicted molar refractivity (Wildman–Crippen MR) is 73.1 cm³/mol. The van der Waals surface area contributed by atoms with Gasteiger partial charge in [0.05, 0.1) is 0 Å². The van der Waals surface area contributed by atoms with Crippen LogP contribution in [0.25, 0.3) is 0 Å². The number of halogens is 2. The van der Waals surface area contributed by atoms with Gasteiger partial charge in [-0.05, 0) is 49.9 Å². The van der Waals surface area contributed by atoms with E-state index in [0.29, 0.717) is 6.54 Å². The van der Waals surface area contributed by atoms with Crippen LogP contribution in [0.1, 0.15) is 31.7 Å². The first-order valence-electron chi connectivity index (χ1n) is 6.96. The minimum atomic E-state index is -0.480. The van der Waals surface area contributed by atoms with E-state index in [0.717, 1.165) is 31.0 Å². The summed E-state index contributed by atoms with van der Waals surface area (Å²) in [7, 11) is 0. The molecule has 0 aliphatic carbocycles. The molecule has 1 aliphatic heterocycles. The zero-order valence-electron chi connectivity index (χ0n) is 11.6. The van der Waals surface area contributed by atoms with Crippen LogP contribution in [0, 0.1) is 11.6 Å². The van der Waals surface area contributed by atoms with Crippen LogP contribution in [0.5, 0.6) is 0 Å². The van der Waals surface area contributed by atoms with Crippen LogP contribution < -0.4 is 5.73 Å². The molecule has 0 spiro atoms. The molecular formula is C15H20F2N2O. The number of carbonyl (C=O) groups is 1. The van der Waals surface area contributed by atoms with Crippen molar-refractivity contribution in [1.82, 2.24) is 4.90 Å². The topological polar surface area (TPSA) is 46.3 Å². The first-order valence-corrected chi connectivity index (χ1v) is 6.96. The van der Waals surface area contributed by atoms with E-state index in [4.69, 9.17) is 5.73 Å². The molecule has 2 rings (SSSR count). The Morgan fingerprint density at radius 2 is 2.20 bits per heavy atom. The molecule has 1 amide bonds. The Labute approximate surface area is 117 Å². The SMILES string of the molecule is C[C@H]1C[C@@H](N)CCN1C(=O)CCc1cc(F)ccc1F. The molecule has 0 saturated carbocycles. The maximum atomic E-state index is 13.5. The van der Waals surface area contributed by atoms with Gasteiger partial charge in [0.2, 0.25) is 5.91 Å². The highest BCUT2D eigenvalue weighted by atomic mass is 19.1. The minimum Gasteiger partial charge on any atom is -0.340 e. The Balaban J connectivity index is 1.93. The molecule has 3 nitrogen and oxygen atoms in total. The van der Waals surface area contributed by atoms with Gasteiger partial charge >= 0.3 is 0 Å². The molecule has 20 heavy (non-hydrogen) atoms.